The Morgan fingerprint density at radius 1 is 1.09 bits per heavy atom. The van der Waals surface area contributed by atoms with E-state index in [1.54, 1.807) is 54.6 Å². The maximum Gasteiger partial charge on any atom is 0.335 e. The van der Waals surface area contributed by atoms with Crippen LogP contribution in [0.1, 0.15) is 22.8 Å². The van der Waals surface area contributed by atoms with Crippen molar-refractivity contribution >= 4 is 32.6 Å². The van der Waals surface area contributed by atoms with Gasteiger partial charge < -0.3 is 14.3 Å². The molecule has 0 amide bonds. The highest BCUT2D eigenvalue weighted by atomic mass is 32.2. The molecule has 0 saturated carbocycles. The predicted octanol–water partition coefficient (Wildman–Crippen LogP) is 5.01. The van der Waals surface area contributed by atoms with Gasteiger partial charge in [0.1, 0.15) is 24.2 Å². The molecule has 0 fully saturated rings. The lowest BCUT2D eigenvalue weighted by molar-refractivity contribution is 0.0696. The van der Waals surface area contributed by atoms with Crippen molar-refractivity contribution in [3.8, 4) is 16.9 Å². The number of sulfonamides is 1. The van der Waals surface area contributed by atoms with Crippen molar-refractivity contribution in [2.24, 2.45) is 0 Å². The average Bonchev–Trinajstić information content (AvgIpc) is 2.83. The number of benzene rings is 3. The molecule has 0 radical (unpaired) electrons. The normalized spacial score (nSPS) is 11.2. The molecule has 178 valence electrons. The second-order valence-corrected chi connectivity index (χ2v) is 9.72. The van der Waals surface area contributed by atoms with E-state index in [4.69, 9.17) is 14.3 Å². The van der Waals surface area contributed by atoms with E-state index < -0.39 is 16.0 Å². The molecule has 4 rings (SSSR count). The summed E-state index contributed by atoms with van der Waals surface area (Å²) in [4.78, 5) is 24.2. The van der Waals surface area contributed by atoms with Crippen LogP contribution < -0.4 is 14.9 Å². The SMILES string of the molecule is C=C(C)S(=O)(=O)Nc1ccc(-c2coc3cc(OCc4cccc(C(=O)O)c4)ccc3c2=O)cc1. The molecule has 0 bridgehead atoms. The first-order valence-electron chi connectivity index (χ1n) is 10.4. The number of carboxylic acids is 1. The van der Waals surface area contributed by atoms with Crippen LogP contribution in [0.25, 0.3) is 22.1 Å². The van der Waals surface area contributed by atoms with Gasteiger partial charge in [-0.15, -0.1) is 0 Å². The van der Waals surface area contributed by atoms with Gasteiger partial charge in [0.25, 0.3) is 10.0 Å². The lowest BCUT2D eigenvalue weighted by Gasteiger charge is -2.09. The van der Waals surface area contributed by atoms with Crippen molar-refractivity contribution in [3.63, 3.8) is 0 Å². The molecule has 0 saturated heterocycles. The summed E-state index contributed by atoms with van der Waals surface area (Å²) in [6, 6.07) is 17.6. The van der Waals surface area contributed by atoms with Gasteiger partial charge in [0.05, 0.1) is 21.4 Å². The van der Waals surface area contributed by atoms with E-state index in [1.807, 2.05) is 0 Å². The fraction of sp³-hybridized carbons (Fsp3) is 0.0769. The number of nitrogens with one attached hydrogen (secondary N) is 1. The zero-order valence-electron chi connectivity index (χ0n) is 18.6. The lowest BCUT2D eigenvalue weighted by Crippen LogP contribution is -2.12. The number of rotatable bonds is 8. The molecule has 8 nitrogen and oxygen atoms in total. The van der Waals surface area contributed by atoms with Crippen LogP contribution in [0.2, 0.25) is 0 Å². The van der Waals surface area contributed by atoms with E-state index in [9.17, 15) is 18.0 Å². The number of hydrogen-bond donors (Lipinski definition) is 2. The Labute approximate surface area is 201 Å². The minimum absolute atomic E-state index is 0.00567. The van der Waals surface area contributed by atoms with Crippen LogP contribution in [-0.2, 0) is 16.6 Å². The number of carboxylic acid groups (broad SMARTS) is 1. The minimum Gasteiger partial charge on any atom is -0.489 e. The van der Waals surface area contributed by atoms with Crippen LogP contribution >= 0.6 is 0 Å². The summed E-state index contributed by atoms with van der Waals surface area (Å²) in [6.45, 7) is 4.98. The number of hydrogen-bond acceptors (Lipinski definition) is 6. The molecule has 0 atom stereocenters. The topological polar surface area (TPSA) is 123 Å². The van der Waals surface area contributed by atoms with E-state index in [2.05, 4.69) is 11.3 Å². The van der Waals surface area contributed by atoms with Gasteiger partial charge in [-0.25, -0.2) is 13.2 Å². The Kier molecular flexibility index (Phi) is 6.44. The first kappa shape index (κ1) is 23.8. The summed E-state index contributed by atoms with van der Waals surface area (Å²) in [7, 11) is -3.66. The van der Waals surface area contributed by atoms with Crippen molar-refractivity contribution in [2.75, 3.05) is 4.72 Å². The molecule has 0 unspecified atom stereocenters. The standard InChI is InChI=1S/C26H21NO7S/c1-16(2)35(31,32)27-20-8-6-18(7-9-20)23-15-34-24-13-21(10-11-22(24)25(23)28)33-14-17-4-3-5-19(12-17)26(29)30/h3-13,15,27H,1,14H2,2H3,(H,29,30). The maximum atomic E-state index is 13.0. The molecule has 1 aromatic heterocycles. The smallest absolute Gasteiger partial charge is 0.335 e. The van der Waals surface area contributed by atoms with Gasteiger partial charge in [0.2, 0.25) is 0 Å². The van der Waals surface area contributed by atoms with Gasteiger partial charge in [0, 0.05) is 11.8 Å². The second kappa shape index (κ2) is 9.47. The highest BCUT2D eigenvalue weighted by Crippen LogP contribution is 2.25. The van der Waals surface area contributed by atoms with Gasteiger partial charge >= 0.3 is 5.97 Å². The first-order chi connectivity index (χ1) is 16.6. The largest absolute Gasteiger partial charge is 0.489 e. The van der Waals surface area contributed by atoms with Crippen molar-refractivity contribution in [3.05, 3.63) is 106 Å². The molecule has 1 heterocycles. The van der Waals surface area contributed by atoms with E-state index in [0.29, 0.717) is 39.1 Å². The molecular weight excluding hydrogens is 470 g/mol. The molecule has 2 N–H and O–H groups in total. The fourth-order valence-electron chi connectivity index (χ4n) is 3.32. The molecule has 0 aliphatic heterocycles. The molecule has 0 aliphatic carbocycles. The van der Waals surface area contributed by atoms with Crippen molar-refractivity contribution in [1.82, 2.24) is 0 Å². The van der Waals surface area contributed by atoms with Crippen molar-refractivity contribution in [2.45, 2.75) is 13.5 Å². The average molecular weight is 492 g/mol. The van der Waals surface area contributed by atoms with Gasteiger partial charge in [-0.1, -0.05) is 30.8 Å². The summed E-state index contributed by atoms with van der Waals surface area (Å²) in [6.07, 6.45) is 1.35. The molecular formula is C26H21NO7S. The highest BCUT2D eigenvalue weighted by Gasteiger charge is 2.13. The Bertz CT molecular complexity index is 1600. The van der Waals surface area contributed by atoms with Crippen LogP contribution in [0.3, 0.4) is 0 Å². The number of fused-ring (bicyclic) bond motifs is 1. The van der Waals surface area contributed by atoms with E-state index in [0.717, 1.165) is 0 Å². The van der Waals surface area contributed by atoms with Crippen LogP contribution in [0.15, 0.2) is 93.7 Å². The molecule has 0 spiro atoms. The molecule has 9 heteroatoms. The van der Waals surface area contributed by atoms with Gasteiger partial charge in [-0.3, -0.25) is 9.52 Å². The summed E-state index contributed by atoms with van der Waals surface area (Å²) in [5.74, 6) is -0.554. The quantitative estimate of drug-likeness (QED) is 0.355. The first-order valence-corrected chi connectivity index (χ1v) is 11.9. The Balaban J connectivity index is 1.54. The van der Waals surface area contributed by atoms with Gasteiger partial charge in [-0.2, -0.15) is 0 Å². The third-order valence-corrected chi connectivity index (χ3v) is 6.65. The van der Waals surface area contributed by atoms with Crippen LogP contribution in [0, 0.1) is 0 Å². The van der Waals surface area contributed by atoms with E-state index in [1.165, 1.54) is 25.3 Å². The highest BCUT2D eigenvalue weighted by molar-refractivity contribution is 7.96. The predicted molar refractivity (Wildman–Crippen MR) is 133 cm³/mol. The monoisotopic (exact) mass is 491 g/mol. The Hall–Kier alpha value is -4.37. The lowest BCUT2D eigenvalue weighted by atomic mass is 10.1. The summed E-state index contributed by atoms with van der Waals surface area (Å²) >= 11 is 0. The van der Waals surface area contributed by atoms with Gasteiger partial charge in [0.15, 0.2) is 5.43 Å². The zero-order chi connectivity index (χ0) is 25.2. The van der Waals surface area contributed by atoms with Crippen molar-refractivity contribution in [1.29, 1.82) is 0 Å². The number of allylic oxidation sites excluding steroid dienone is 1. The van der Waals surface area contributed by atoms with Crippen LogP contribution in [0.5, 0.6) is 5.75 Å². The Morgan fingerprint density at radius 3 is 2.51 bits per heavy atom. The number of anilines is 1. The third-order valence-electron chi connectivity index (χ3n) is 5.23. The third kappa shape index (κ3) is 5.25. The maximum absolute atomic E-state index is 13.0. The summed E-state index contributed by atoms with van der Waals surface area (Å²) < 4.78 is 37.7. The van der Waals surface area contributed by atoms with Crippen LogP contribution in [0.4, 0.5) is 5.69 Å². The van der Waals surface area contributed by atoms with E-state index in [-0.39, 0.29) is 22.5 Å². The molecule has 3 aromatic carbocycles. The van der Waals surface area contributed by atoms with Gasteiger partial charge in [-0.05, 0) is 54.4 Å². The van der Waals surface area contributed by atoms with E-state index >= 15 is 0 Å². The minimum atomic E-state index is -3.66. The number of carbonyl (C=O) groups is 1. The summed E-state index contributed by atoms with van der Waals surface area (Å²) in [5, 5.41) is 9.46. The summed E-state index contributed by atoms with van der Waals surface area (Å²) in [5.41, 5.74) is 2.19. The molecule has 0 aliphatic rings. The molecule has 35 heavy (non-hydrogen) atoms. The van der Waals surface area contributed by atoms with Crippen LogP contribution in [-0.4, -0.2) is 19.5 Å². The zero-order valence-corrected chi connectivity index (χ0v) is 19.5. The number of ether oxygens (including phenoxy) is 1. The van der Waals surface area contributed by atoms with Crippen molar-refractivity contribution < 1.29 is 27.5 Å². The second-order valence-electron chi connectivity index (χ2n) is 7.82. The Morgan fingerprint density at radius 2 is 1.83 bits per heavy atom. The molecule has 4 aromatic rings. The number of aromatic carboxylic acids is 1. The fourth-order valence-corrected chi connectivity index (χ4v) is 3.94.